The van der Waals surface area contributed by atoms with Crippen molar-refractivity contribution in [2.45, 2.75) is 44.8 Å². The van der Waals surface area contributed by atoms with Crippen LogP contribution in [0.2, 0.25) is 0 Å². The zero-order valence-electron chi connectivity index (χ0n) is 15.9. The molecule has 2 aromatic rings. The van der Waals surface area contributed by atoms with Gasteiger partial charge >= 0.3 is 0 Å². The number of benzene rings is 2. The minimum Gasteiger partial charge on any atom is -0.448 e. The molecule has 2 amide bonds. The highest BCUT2D eigenvalue weighted by molar-refractivity contribution is 5.95. The van der Waals surface area contributed by atoms with Crippen molar-refractivity contribution in [2.24, 2.45) is 0 Å². The summed E-state index contributed by atoms with van der Waals surface area (Å²) in [5.41, 5.74) is 2.28. The minimum absolute atomic E-state index is 0.168. The van der Waals surface area contributed by atoms with Crippen LogP contribution in [0.5, 0.6) is 11.5 Å². The monoisotopic (exact) mass is 380 g/mol. The average Bonchev–Trinajstić information content (AvgIpc) is 3.27. The second kappa shape index (κ2) is 7.54. The fraction of sp³-hybridized carbons (Fsp3) is 0.364. The summed E-state index contributed by atoms with van der Waals surface area (Å²) in [6.07, 6.45) is 4.18. The van der Waals surface area contributed by atoms with E-state index in [1.54, 1.807) is 18.2 Å². The number of aryl methyl sites for hydroxylation is 1. The summed E-state index contributed by atoms with van der Waals surface area (Å²) in [6, 6.07) is 12.8. The van der Waals surface area contributed by atoms with Crippen molar-refractivity contribution in [1.29, 1.82) is 0 Å². The Hall–Kier alpha value is -3.02. The third kappa shape index (κ3) is 3.96. The number of carbonyl (C=O) groups is 2. The molecule has 1 spiro atoms. The first-order valence-corrected chi connectivity index (χ1v) is 9.70. The molecule has 0 aromatic heterocycles. The fourth-order valence-electron chi connectivity index (χ4n) is 3.69. The summed E-state index contributed by atoms with van der Waals surface area (Å²) in [7, 11) is 0. The molecule has 1 heterocycles. The Bertz CT molecular complexity index is 903. The molecule has 0 saturated heterocycles. The van der Waals surface area contributed by atoms with Gasteiger partial charge in [-0.3, -0.25) is 9.59 Å². The molecular formula is C22H24N2O4. The molecule has 1 aliphatic carbocycles. The molecule has 6 heteroatoms. The number of fused-ring (bicyclic) bond motifs is 1. The highest BCUT2D eigenvalue weighted by Gasteiger charge is 2.44. The summed E-state index contributed by atoms with van der Waals surface area (Å²) >= 11 is 0. The fourth-order valence-corrected chi connectivity index (χ4v) is 3.69. The van der Waals surface area contributed by atoms with Gasteiger partial charge in [0.1, 0.15) is 0 Å². The van der Waals surface area contributed by atoms with Gasteiger partial charge < -0.3 is 20.1 Å². The molecule has 0 atom stereocenters. The molecule has 0 bridgehead atoms. The van der Waals surface area contributed by atoms with Crippen molar-refractivity contribution in [3.63, 3.8) is 0 Å². The molecule has 2 aromatic carbocycles. The first-order chi connectivity index (χ1) is 13.5. The van der Waals surface area contributed by atoms with Crippen LogP contribution >= 0.6 is 0 Å². The van der Waals surface area contributed by atoms with Crippen molar-refractivity contribution in [2.75, 3.05) is 11.9 Å². The Kier molecular flexibility index (Phi) is 4.94. The van der Waals surface area contributed by atoms with E-state index >= 15 is 0 Å². The van der Waals surface area contributed by atoms with Crippen LogP contribution in [0, 0.1) is 6.92 Å². The topological polar surface area (TPSA) is 76.7 Å². The predicted molar refractivity (Wildman–Crippen MR) is 106 cm³/mol. The molecule has 2 aliphatic rings. The number of amides is 2. The standard InChI is InChI=1S/C22H24N2O4/c1-15-5-4-6-16(13-15)21(26)23-12-9-20(25)24-17-7-8-18-19(14-17)28-22(27-18)10-2-3-11-22/h4-8,13-14H,2-3,9-12H2,1H3,(H,23,26)(H,24,25). The number of hydrogen-bond acceptors (Lipinski definition) is 4. The Labute approximate surface area is 164 Å². The van der Waals surface area contributed by atoms with E-state index in [0.29, 0.717) is 17.0 Å². The highest BCUT2D eigenvalue weighted by Crippen LogP contribution is 2.47. The third-order valence-corrected chi connectivity index (χ3v) is 5.10. The first kappa shape index (κ1) is 18.3. The van der Waals surface area contributed by atoms with Crippen LogP contribution in [-0.2, 0) is 4.79 Å². The van der Waals surface area contributed by atoms with Gasteiger partial charge in [0.25, 0.3) is 11.7 Å². The molecular weight excluding hydrogens is 356 g/mol. The third-order valence-electron chi connectivity index (χ3n) is 5.10. The van der Waals surface area contributed by atoms with E-state index in [9.17, 15) is 9.59 Å². The molecule has 146 valence electrons. The zero-order chi connectivity index (χ0) is 19.6. The molecule has 1 fully saturated rings. The second-order valence-electron chi connectivity index (χ2n) is 7.41. The normalized spacial score (nSPS) is 16.2. The Morgan fingerprint density at radius 3 is 2.61 bits per heavy atom. The van der Waals surface area contributed by atoms with Crippen molar-refractivity contribution >= 4 is 17.5 Å². The van der Waals surface area contributed by atoms with E-state index in [1.807, 2.05) is 31.2 Å². The maximum Gasteiger partial charge on any atom is 0.251 e. The van der Waals surface area contributed by atoms with Gasteiger partial charge in [-0.25, -0.2) is 0 Å². The van der Waals surface area contributed by atoms with Crippen LogP contribution in [0.1, 0.15) is 48.0 Å². The van der Waals surface area contributed by atoms with E-state index in [2.05, 4.69) is 10.6 Å². The van der Waals surface area contributed by atoms with E-state index in [0.717, 1.165) is 37.0 Å². The summed E-state index contributed by atoms with van der Waals surface area (Å²) < 4.78 is 12.0. The molecule has 4 rings (SSSR count). The summed E-state index contributed by atoms with van der Waals surface area (Å²) in [5.74, 6) is 0.545. The van der Waals surface area contributed by atoms with Crippen LogP contribution in [0.25, 0.3) is 0 Å². The number of rotatable bonds is 5. The summed E-state index contributed by atoms with van der Waals surface area (Å²) in [5, 5.41) is 5.62. The number of carbonyl (C=O) groups excluding carboxylic acids is 2. The van der Waals surface area contributed by atoms with Crippen LogP contribution in [0.4, 0.5) is 5.69 Å². The van der Waals surface area contributed by atoms with E-state index < -0.39 is 5.79 Å². The predicted octanol–water partition coefficient (Wildman–Crippen LogP) is 3.80. The number of anilines is 1. The minimum atomic E-state index is -0.509. The molecule has 1 aliphatic heterocycles. The van der Waals surface area contributed by atoms with Gasteiger partial charge in [0.2, 0.25) is 5.91 Å². The molecule has 0 unspecified atom stereocenters. The zero-order valence-corrected chi connectivity index (χ0v) is 15.9. The quantitative estimate of drug-likeness (QED) is 0.827. The molecule has 2 N–H and O–H groups in total. The second-order valence-corrected chi connectivity index (χ2v) is 7.41. The number of hydrogen-bond donors (Lipinski definition) is 2. The molecule has 1 saturated carbocycles. The lowest BCUT2D eigenvalue weighted by atomic mass is 10.1. The Balaban J connectivity index is 1.27. The van der Waals surface area contributed by atoms with Gasteiger partial charge in [0, 0.05) is 43.1 Å². The van der Waals surface area contributed by atoms with Crippen LogP contribution in [0.15, 0.2) is 42.5 Å². The highest BCUT2D eigenvalue weighted by atomic mass is 16.7. The van der Waals surface area contributed by atoms with Crippen molar-refractivity contribution in [1.82, 2.24) is 5.32 Å². The lowest BCUT2D eigenvalue weighted by Gasteiger charge is -2.21. The lowest BCUT2D eigenvalue weighted by Crippen LogP contribution is -2.34. The summed E-state index contributed by atoms with van der Waals surface area (Å²) in [4.78, 5) is 24.3. The maximum absolute atomic E-state index is 12.2. The van der Waals surface area contributed by atoms with Crippen molar-refractivity contribution in [3.05, 3.63) is 53.6 Å². The molecule has 6 nitrogen and oxygen atoms in total. The van der Waals surface area contributed by atoms with E-state index in [4.69, 9.17) is 9.47 Å². The van der Waals surface area contributed by atoms with Crippen LogP contribution in [-0.4, -0.2) is 24.1 Å². The van der Waals surface area contributed by atoms with Gasteiger partial charge in [-0.1, -0.05) is 17.7 Å². The SMILES string of the molecule is Cc1cccc(C(=O)NCCC(=O)Nc2ccc3c(c2)OC2(CCCC2)O3)c1. The first-order valence-electron chi connectivity index (χ1n) is 9.70. The van der Waals surface area contributed by atoms with Gasteiger partial charge in [-0.15, -0.1) is 0 Å². The lowest BCUT2D eigenvalue weighted by molar-refractivity contribution is -0.116. The Morgan fingerprint density at radius 2 is 1.82 bits per heavy atom. The van der Waals surface area contributed by atoms with E-state index in [-0.39, 0.29) is 24.8 Å². The van der Waals surface area contributed by atoms with Crippen LogP contribution in [0.3, 0.4) is 0 Å². The van der Waals surface area contributed by atoms with Crippen LogP contribution < -0.4 is 20.1 Å². The van der Waals surface area contributed by atoms with Gasteiger partial charge in [-0.2, -0.15) is 0 Å². The summed E-state index contributed by atoms with van der Waals surface area (Å²) in [6.45, 7) is 2.20. The van der Waals surface area contributed by atoms with E-state index in [1.165, 1.54) is 0 Å². The average molecular weight is 380 g/mol. The van der Waals surface area contributed by atoms with Crippen molar-refractivity contribution < 1.29 is 19.1 Å². The molecule has 28 heavy (non-hydrogen) atoms. The number of nitrogens with one attached hydrogen (secondary N) is 2. The largest absolute Gasteiger partial charge is 0.448 e. The number of ether oxygens (including phenoxy) is 2. The maximum atomic E-state index is 12.2. The smallest absolute Gasteiger partial charge is 0.251 e. The van der Waals surface area contributed by atoms with Gasteiger partial charge in [-0.05, 0) is 44.0 Å². The molecule has 0 radical (unpaired) electrons. The van der Waals surface area contributed by atoms with Gasteiger partial charge in [0.05, 0.1) is 0 Å². The van der Waals surface area contributed by atoms with Crippen molar-refractivity contribution in [3.8, 4) is 11.5 Å². The van der Waals surface area contributed by atoms with Gasteiger partial charge in [0.15, 0.2) is 11.5 Å². The Morgan fingerprint density at radius 1 is 1.04 bits per heavy atom.